The molecule has 0 atom stereocenters. The van der Waals surface area contributed by atoms with Crippen LogP contribution in [0.4, 0.5) is 5.69 Å². The average Bonchev–Trinajstić information content (AvgIpc) is 3.03. The van der Waals surface area contributed by atoms with Crippen LogP contribution in [0.2, 0.25) is 0 Å². The number of carbonyl (C=O) groups excluding carboxylic acids is 1. The van der Waals surface area contributed by atoms with E-state index in [0.717, 1.165) is 22.1 Å². The van der Waals surface area contributed by atoms with Gasteiger partial charge >= 0.3 is 0 Å². The zero-order valence-electron chi connectivity index (χ0n) is 15.6. The number of aryl methyl sites for hydroxylation is 2. The number of carbonyl (C=O) groups is 1. The minimum Gasteiger partial charge on any atom is -0.494 e. The third-order valence-corrected chi connectivity index (χ3v) is 4.95. The van der Waals surface area contributed by atoms with Crippen LogP contribution in [0, 0.1) is 13.8 Å². The van der Waals surface area contributed by atoms with Crippen molar-refractivity contribution in [3.05, 3.63) is 69.7 Å². The first-order valence-corrected chi connectivity index (χ1v) is 9.57. The minimum absolute atomic E-state index is 0.170. The van der Waals surface area contributed by atoms with E-state index in [4.69, 9.17) is 9.47 Å². The second kappa shape index (κ2) is 8.68. The van der Waals surface area contributed by atoms with Gasteiger partial charge in [0.15, 0.2) is 0 Å². The molecule has 0 aliphatic rings. The number of thiazole rings is 1. The Morgan fingerprint density at radius 1 is 1.07 bits per heavy atom. The molecule has 0 fully saturated rings. The van der Waals surface area contributed by atoms with E-state index in [-0.39, 0.29) is 5.91 Å². The number of aromatic nitrogens is 1. The van der Waals surface area contributed by atoms with Crippen molar-refractivity contribution >= 4 is 22.9 Å². The lowest BCUT2D eigenvalue weighted by Gasteiger charge is -2.06. The molecule has 1 amide bonds. The molecule has 0 aliphatic heterocycles. The molecule has 1 N–H and O–H groups in total. The lowest BCUT2D eigenvalue weighted by Crippen LogP contribution is -2.11. The van der Waals surface area contributed by atoms with Gasteiger partial charge in [-0.1, -0.05) is 12.1 Å². The standard InChI is InChI=1S/C21H22N2O3S/c1-4-25-17-10-8-16(9-11-17)23-21(24)20-15(3)22-19(27-20)13-26-18-7-5-6-14(2)12-18/h5-12H,4,13H2,1-3H3,(H,23,24). The molecular weight excluding hydrogens is 360 g/mol. The molecule has 0 radical (unpaired) electrons. The van der Waals surface area contributed by atoms with Crippen LogP contribution in [-0.2, 0) is 6.61 Å². The van der Waals surface area contributed by atoms with Gasteiger partial charge in [0.05, 0.1) is 12.3 Å². The molecule has 0 aliphatic carbocycles. The molecule has 0 bridgehead atoms. The Balaban J connectivity index is 1.63. The molecule has 1 heterocycles. The highest BCUT2D eigenvalue weighted by molar-refractivity contribution is 7.13. The van der Waals surface area contributed by atoms with Crippen molar-refractivity contribution < 1.29 is 14.3 Å². The summed E-state index contributed by atoms with van der Waals surface area (Å²) in [5, 5.41) is 3.67. The van der Waals surface area contributed by atoms with Crippen LogP contribution in [0.3, 0.4) is 0 Å². The normalized spacial score (nSPS) is 10.5. The van der Waals surface area contributed by atoms with Crippen molar-refractivity contribution in [1.29, 1.82) is 0 Å². The van der Waals surface area contributed by atoms with Crippen molar-refractivity contribution in [3.63, 3.8) is 0 Å². The van der Waals surface area contributed by atoms with E-state index < -0.39 is 0 Å². The number of amides is 1. The van der Waals surface area contributed by atoms with Crippen LogP contribution >= 0.6 is 11.3 Å². The number of benzene rings is 2. The van der Waals surface area contributed by atoms with E-state index in [1.165, 1.54) is 11.3 Å². The quantitative estimate of drug-likeness (QED) is 0.625. The summed E-state index contributed by atoms with van der Waals surface area (Å²) in [5.74, 6) is 1.40. The summed E-state index contributed by atoms with van der Waals surface area (Å²) in [6.07, 6.45) is 0. The van der Waals surface area contributed by atoms with Crippen molar-refractivity contribution in [2.75, 3.05) is 11.9 Å². The summed E-state index contributed by atoms with van der Waals surface area (Å²) in [6, 6.07) is 15.2. The second-order valence-electron chi connectivity index (χ2n) is 6.04. The van der Waals surface area contributed by atoms with Gasteiger partial charge in [-0.3, -0.25) is 4.79 Å². The van der Waals surface area contributed by atoms with Gasteiger partial charge < -0.3 is 14.8 Å². The molecule has 6 heteroatoms. The Kier molecular flexibility index (Phi) is 6.08. The summed E-state index contributed by atoms with van der Waals surface area (Å²) in [6.45, 7) is 6.73. The second-order valence-corrected chi connectivity index (χ2v) is 7.12. The van der Waals surface area contributed by atoms with Crippen molar-refractivity contribution in [3.8, 4) is 11.5 Å². The average molecular weight is 382 g/mol. The molecule has 0 spiro atoms. The first kappa shape index (κ1) is 18.9. The molecule has 5 nitrogen and oxygen atoms in total. The number of hydrogen-bond donors (Lipinski definition) is 1. The molecule has 0 unspecified atom stereocenters. The van der Waals surface area contributed by atoms with E-state index in [1.807, 2.05) is 69.3 Å². The number of hydrogen-bond acceptors (Lipinski definition) is 5. The number of nitrogens with one attached hydrogen (secondary N) is 1. The molecule has 3 aromatic rings. The fraction of sp³-hybridized carbons (Fsp3) is 0.238. The Bertz CT molecular complexity index is 919. The summed E-state index contributed by atoms with van der Waals surface area (Å²) >= 11 is 1.35. The van der Waals surface area contributed by atoms with E-state index in [1.54, 1.807) is 0 Å². The first-order valence-electron chi connectivity index (χ1n) is 8.75. The van der Waals surface area contributed by atoms with Gasteiger partial charge in [-0.15, -0.1) is 11.3 Å². The molecule has 1 aromatic heterocycles. The minimum atomic E-state index is -0.170. The molecule has 27 heavy (non-hydrogen) atoms. The predicted octanol–water partition coefficient (Wildman–Crippen LogP) is 4.99. The largest absolute Gasteiger partial charge is 0.494 e. The fourth-order valence-electron chi connectivity index (χ4n) is 2.56. The van der Waals surface area contributed by atoms with Crippen LogP contribution in [0.15, 0.2) is 48.5 Å². The Morgan fingerprint density at radius 2 is 1.85 bits per heavy atom. The van der Waals surface area contributed by atoms with Crippen molar-refractivity contribution in [2.45, 2.75) is 27.4 Å². The molecule has 0 saturated carbocycles. The van der Waals surface area contributed by atoms with Crippen LogP contribution in [-0.4, -0.2) is 17.5 Å². The zero-order chi connectivity index (χ0) is 19.2. The topological polar surface area (TPSA) is 60.5 Å². The van der Waals surface area contributed by atoms with Crippen molar-refractivity contribution in [1.82, 2.24) is 4.98 Å². The van der Waals surface area contributed by atoms with E-state index in [0.29, 0.717) is 29.5 Å². The van der Waals surface area contributed by atoms with Gasteiger partial charge in [-0.25, -0.2) is 4.98 Å². The number of ether oxygens (including phenoxy) is 2. The maximum atomic E-state index is 12.6. The monoisotopic (exact) mass is 382 g/mol. The lowest BCUT2D eigenvalue weighted by atomic mass is 10.2. The van der Waals surface area contributed by atoms with E-state index in [9.17, 15) is 4.79 Å². The number of rotatable bonds is 7. The molecule has 140 valence electrons. The van der Waals surface area contributed by atoms with Crippen LogP contribution in [0.5, 0.6) is 11.5 Å². The van der Waals surface area contributed by atoms with Gasteiger partial charge in [0, 0.05) is 5.69 Å². The summed E-state index contributed by atoms with van der Waals surface area (Å²) in [4.78, 5) is 17.6. The zero-order valence-corrected chi connectivity index (χ0v) is 16.4. The van der Waals surface area contributed by atoms with Crippen LogP contribution in [0.1, 0.15) is 32.9 Å². The highest BCUT2D eigenvalue weighted by Crippen LogP contribution is 2.23. The summed E-state index contributed by atoms with van der Waals surface area (Å²) < 4.78 is 11.2. The van der Waals surface area contributed by atoms with E-state index in [2.05, 4.69) is 10.3 Å². The van der Waals surface area contributed by atoms with E-state index >= 15 is 0 Å². The predicted molar refractivity (Wildman–Crippen MR) is 108 cm³/mol. The molecule has 0 saturated heterocycles. The van der Waals surface area contributed by atoms with Gasteiger partial charge in [0.1, 0.15) is 28.0 Å². The maximum absolute atomic E-state index is 12.6. The van der Waals surface area contributed by atoms with Crippen molar-refractivity contribution in [2.24, 2.45) is 0 Å². The first-order chi connectivity index (χ1) is 13.0. The highest BCUT2D eigenvalue weighted by Gasteiger charge is 2.16. The Labute approximate surface area is 163 Å². The molecule has 3 rings (SSSR count). The smallest absolute Gasteiger partial charge is 0.267 e. The molecule has 2 aromatic carbocycles. The van der Waals surface area contributed by atoms with Gasteiger partial charge in [0.25, 0.3) is 5.91 Å². The van der Waals surface area contributed by atoms with Gasteiger partial charge in [0.2, 0.25) is 0 Å². The Morgan fingerprint density at radius 3 is 2.56 bits per heavy atom. The third kappa shape index (κ3) is 5.08. The summed E-state index contributed by atoms with van der Waals surface area (Å²) in [7, 11) is 0. The third-order valence-electron chi connectivity index (χ3n) is 3.82. The fourth-order valence-corrected chi connectivity index (χ4v) is 3.44. The van der Waals surface area contributed by atoms with Crippen LogP contribution < -0.4 is 14.8 Å². The SMILES string of the molecule is CCOc1ccc(NC(=O)c2sc(COc3cccc(C)c3)nc2C)cc1. The lowest BCUT2D eigenvalue weighted by molar-refractivity contribution is 0.103. The van der Waals surface area contributed by atoms with Crippen LogP contribution in [0.25, 0.3) is 0 Å². The summed E-state index contributed by atoms with van der Waals surface area (Å²) in [5.41, 5.74) is 2.55. The highest BCUT2D eigenvalue weighted by atomic mass is 32.1. The maximum Gasteiger partial charge on any atom is 0.267 e. The number of anilines is 1. The number of nitrogens with zero attached hydrogens (tertiary/aromatic N) is 1. The Hall–Kier alpha value is -2.86. The van der Waals surface area contributed by atoms with Gasteiger partial charge in [-0.2, -0.15) is 0 Å². The van der Waals surface area contributed by atoms with Gasteiger partial charge in [-0.05, 0) is 62.7 Å². The molecular formula is C21H22N2O3S.